The van der Waals surface area contributed by atoms with Crippen molar-refractivity contribution in [3.63, 3.8) is 0 Å². The Bertz CT molecular complexity index is 1210. The molecule has 79 heavy (non-hydrogen) atoms. The molecular formula is C75H145NO3. The van der Waals surface area contributed by atoms with Gasteiger partial charge in [-0.1, -0.05) is 403 Å². The van der Waals surface area contributed by atoms with Crippen molar-refractivity contribution in [2.24, 2.45) is 0 Å². The number of allylic oxidation sites excluding steroid dienone is 5. The lowest BCUT2D eigenvalue weighted by Gasteiger charge is -2.19. The summed E-state index contributed by atoms with van der Waals surface area (Å²) in [6.07, 6.45) is 98.4. The predicted molar refractivity (Wildman–Crippen MR) is 355 cm³/mol. The largest absolute Gasteiger partial charge is 0.394 e. The Balaban J connectivity index is 3.42. The van der Waals surface area contributed by atoms with Crippen LogP contribution < -0.4 is 5.32 Å². The van der Waals surface area contributed by atoms with Crippen molar-refractivity contribution >= 4 is 5.91 Å². The van der Waals surface area contributed by atoms with Crippen LogP contribution in [0.15, 0.2) is 36.5 Å². The van der Waals surface area contributed by atoms with Gasteiger partial charge in [-0.15, -0.1) is 0 Å². The number of amides is 1. The number of carbonyl (C=O) groups is 1. The highest BCUT2D eigenvalue weighted by Gasteiger charge is 2.18. The maximum Gasteiger partial charge on any atom is 0.220 e. The zero-order valence-electron chi connectivity index (χ0n) is 54.2. The van der Waals surface area contributed by atoms with E-state index in [0.29, 0.717) is 6.42 Å². The van der Waals surface area contributed by atoms with Crippen LogP contribution in [0.25, 0.3) is 0 Å². The lowest BCUT2D eigenvalue weighted by Crippen LogP contribution is -2.45. The molecule has 0 aliphatic carbocycles. The normalized spacial score (nSPS) is 12.8. The van der Waals surface area contributed by atoms with Gasteiger partial charge in [0.2, 0.25) is 5.91 Å². The van der Waals surface area contributed by atoms with Crippen molar-refractivity contribution in [2.75, 3.05) is 6.61 Å². The second-order valence-electron chi connectivity index (χ2n) is 25.4. The van der Waals surface area contributed by atoms with Crippen molar-refractivity contribution in [1.29, 1.82) is 0 Å². The van der Waals surface area contributed by atoms with Gasteiger partial charge in [0.05, 0.1) is 18.8 Å². The van der Waals surface area contributed by atoms with Crippen LogP contribution in [-0.2, 0) is 4.79 Å². The van der Waals surface area contributed by atoms with Crippen LogP contribution in [0.3, 0.4) is 0 Å². The average Bonchev–Trinajstić information content (AvgIpc) is 3.45. The first-order valence-electron chi connectivity index (χ1n) is 36.7. The summed E-state index contributed by atoms with van der Waals surface area (Å²) in [6, 6.07) is -0.646. The van der Waals surface area contributed by atoms with Crippen LogP contribution in [-0.4, -0.2) is 34.9 Å². The van der Waals surface area contributed by atoms with E-state index in [1.54, 1.807) is 6.08 Å². The summed E-state index contributed by atoms with van der Waals surface area (Å²) < 4.78 is 0. The number of rotatable bonds is 69. The predicted octanol–water partition coefficient (Wildman–Crippen LogP) is 25.1. The van der Waals surface area contributed by atoms with Crippen LogP contribution in [0.5, 0.6) is 0 Å². The molecule has 0 aromatic rings. The van der Waals surface area contributed by atoms with Gasteiger partial charge < -0.3 is 15.5 Å². The van der Waals surface area contributed by atoms with E-state index in [0.717, 1.165) is 38.5 Å². The molecule has 3 N–H and O–H groups in total. The maximum atomic E-state index is 12.5. The van der Waals surface area contributed by atoms with Gasteiger partial charge in [-0.25, -0.2) is 0 Å². The second-order valence-corrected chi connectivity index (χ2v) is 25.4. The van der Waals surface area contributed by atoms with Crippen molar-refractivity contribution in [1.82, 2.24) is 5.32 Å². The first-order valence-corrected chi connectivity index (χ1v) is 36.7. The molecule has 468 valence electrons. The van der Waals surface area contributed by atoms with E-state index in [4.69, 9.17) is 0 Å². The third kappa shape index (κ3) is 67.3. The van der Waals surface area contributed by atoms with Crippen LogP contribution in [0.2, 0.25) is 0 Å². The van der Waals surface area contributed by atoms with E-state index < -0.39 is 12.1 Å². The molecule has 0 fully saturated rings. The number of nitrogens with one attached hydrogen (secondary N) is 1. The van der Waals surface area contributed by atoms with Crippen LogP contribution in [0.1, 0.15) is 418 Å². The molecule has 0 bridgehead atoms. The summed E-state index contributed by atoms with van der Waals surface area (Å²) in [5.74, 6) is -0.0691. The summed E-state index contributed by atoms with van der Waals surface area (Å²) >= 11 is 0. The number of carbonyl (C=O) groups excluding carboxylic acids is 1. The molecule has 2 atom stereocenters. The Labute approximate surface area is 497 Å². The second kappa shape index (κ2) is 70.9. The summed E-state index contributed by atoms with van der Waals surface area (Å²) in [6.45, 7) is 4.35. The highest BCUT2D eigenvalue weighted by Crippen LogP contribution is 2.20. The molecule has 0 aliphatic rings. The fraction of sp³-hybridized carbons (Fsp3) is 0.907. The van der Waals surface area contributed by atoms with E-state index in [1.165, 1.54) is 360 Å². The fourth-order valence-electron chi connectivity index (χ4n) is 11.8. The zero-order chi connectivity index (χ0) is 56.9. The topological polar surface area (TPSA) is 69.6 Å². The SMILES string of the molecule is CCCCCCCCCCCCCCCCCCC/C=C/CC/C=C/CC/C=C/C(O)C(CO)NC(=O)CCCCCCCCCCCCCCCCCCCCCCCCCCCCCCCCCCCCCCCCCC. The molecule has 0 aromatic heterocycles. The lowest BCUT2D eigenvalue weighted by atomic mass is 10.0. The smallest absolute Gasteiger partial charge is 0.220 e. The number of aliphatic hydroxyl groups is 2. The maximum absolute atomic E-state index is 12.5. The lowest BCUT2D eigenvalue weighted by molar-refractivity contribution is -0.123. The molecular weight excluding hydrogens is 963 g/mol. The molecule has 0 saturated heterocycles. The van der Waals surface area contributed by atoms with Crippen molar-refractivity contribution < 1.29 is 15.0 Å². The average molecular weight is 1110 g/mol. The van der Waals surface area contributed by atoms with Crippen LogP contribution >= 0.6 is 0 Å². The molecule has 4 nitrogen and oxygen atoms in total. The Morgan fingerprint density at radius 2 is 0.494 bits per heavy atom. The minimum atomic E-state index is -0.871. The van der Waals surface area contributed by atoms with E-state index in [2.05, 4.69) is 43.5 Å². The number of hydrogen-bond acceptors (Lipinski definition) is 3. The molecule has 0 aliphatic heterocycles. The minimum absolute atomic E-state index is 0.0691. The fourth-order valence-corrected chi connectivity index (χ4v) is 11.8. The van der Waals surface area contributed by atoms with Gasteiger partial charge >= 0.3 is 0 Å². The molecule has 1 amide bonds. The van der Waals surface area contributed by atoms with E-state index >= 15 is 0 Å². The first kappa shape index (κ1) is 77.6. The van der Waals surface area contributed by atoms with E-state index in [-0.39, 0.29) is 12.5 Å². The van der Waals surface area contributed by atoms with Gasteiger partial charge in [0.15, 0.2) is 0 Å². The van der Waals surface area contributed by atoms with Gasteiger partial charge in [-0.2, -0.15) is 0 Å². The number of aliphatic hydroxyl groups excluding tert-OH is 2. The molecule has 2 unspecified atom stereocenters. The summed E-state index contributed by atoms with van der Waals surface area (Å²) in [4.78, 5) is 12.5. The van der Waals surface area contributed by atoms with E-state index in [1.807, 2.05) is 6.08 Å². The highest BCUT2D eigenvalue weighted by molar-refractivity contribution is 5.76. The Hall–Kier alpha value is -1.39. The van der Waals surface area contributed by atoms with Crippen LogP contribution in [0, 0.1) is 0 Å². The summed E-state index contributed by atoms with van der Waals surface area (Å²) in [5, 5.41) is 23.3. The molecule has 0 heterocycles. The van der Waals surface area contributed by atoms with Gasteiger partial charge in [0.1, 0.15) is 0 Å². The quantitative estimate of drug-likeness (QED) is 0.0420. The molecule has 0 spiro atoms. The summed E-state index contributed by atoms with van der Waals surface area (Å²) in [5.41, 5.74) is 0. The Morgan fingerprint density at radius 3 is 0.734 bits per heavy atom. The monoisotopic (exact) mass is 1110 g/mol. The van der Waals surface area contributed by atoms with E-state index in [9.17, 15) is 15.0 Å². The number of hydrogen-bond donors (Lipinski definition) is 3. The van der Waals surface area contributed by atoms with Gasteiger partial charge in [-0.05, 0) is 44.9 Å². The van der Waals surface area contributed by atoms with Crippen molar-refractivity contribution in [2.45, 2.75) is 431 Å². The Kier molecular flexibility index (Phi) is 69.6. The molecule has 4 heteroatoms. The van der Waals surface area contributed by atoms with Crippen LogP contribution in [0.4, 0.5) is 0 Å². The summed E-state index contributed by atoms with van der Waals surface area (Å²) in [7, 11) is 0. The number of unbranched alkanes of at least 4 members (excludes halogenated alkanes) is 58. The molecule has 0 aromatic carbocycles. The van der Waals surface area contributed by atoms with Gasteiger partial charge in [0, 0.05) is 6.42 Å². The third-order valence-corrected chi connectivity index (χ3v) is 17.4. The molecule has 0 rings (SSSR count). The highest BCUT2D eigenvalue weighted by atomic mass is 16.3. The third-order valence-electron chi connectivity index (χ3n) is 17.4. The molecule has 0 saturated carbocycles. The minimum Gasteiger partial charge on any atom is -0.394 e. The van der Waals surface area contributed by atoms with Crippen molar-refractivity contribution in [3.05, 3.63) is 36.5 Å². The van der Waals surface area contributed by atoms with Gasteiger partial charge in [0.25, 0.3) is 0 Å². The van der Waals surface area contributed by atoms with Crippen molar-refractivity contribution in [3.8, 4) is 0 Å². The van der Waals surface area contributed by atoms with Gasteiger partial charge in [-0.3, -0.25) is 4.79 Å². The first-order chi connectivity index (χ1) is 39.2. The standard InChI is InChI=1S/C75H145NO3/c1-3-5-7-9-11-13-15-17-19-21-23-25-27-29-31-32-33-34-35-36-37-38-39-40-41-42-43-45-47-49-51-53-55-57-59-61-63-65-67-69-71-75(79)76-73(72-77)74(78)70-68-66-64-62-60-58-56-54-52-50-48-46-44-30-28-26-24-22-20-18-16-14-12-10-8-6-4-2/h52,54,60,62,68,70,73-74,77-78H,3-51,53,55-59,61,63-67,69,71-72H2,1-2H3,(H,76,79)/b54-52+,62-60+,70-68+. The Morgan fingerprint density at radius 1 is 0.291 bits per heavy atom. The zero-order valence-corrected chi connectivity index (χ0v) is 54.2. The molecule has 0 radical (unpaired) electrons.